The van der Waals surface area contributed by atoms with Gasteiger partial charge in [0.05, 0.1) is 19.3 Å². The quantitative estimate of drug-likeness (QED) is 0.742. The Morgan fingerprint density at radius 2 is 2.40 bits per heavy atom. The monoisotopic (exact) mass is 230 g/mol. The van der Waals surface area contributed by atoms with Crippen molar-refractivity contribution in [3.8, 4) is 0 Å². The number of carbonyl (C=O) groups excluding carboxylic acids is 2. The maximum Gasteiger partial charge on any atom is 0.281 e. The van der Waals surface area contributed by atoms with Crippen LogP contribution in [0.15, 0.2) is 0 Å². The van der Waals surface area contributed by atoms with Crippen molar-refractivity contribution in [1.82, 2.24) is 10.2 Å². The second kappa shape index (κ2) is 4.85. The van der Waals surface area contributed by atoms with Crippen LogP contribution in [0.4, 0.5) is 4.79 Å². The molecule has 0 bridgehead atoms. The van der Waals surface area contributed by atoms with Crippen LogP contribution >= 0.6 is 11.8 Å². The Kier molecular flexibility index (Phi) is 3.48. The lowest BCUT2D eigenvalue weighted by Crippen LogP contribution is -2.49. The van der Waals surface area contributed by atoms with E-state index in [0.29, 0.717) is 26.2 Å². The third kappa shape index (κ3) is 2.85. The van der Waals surface area contributed by atoms with Crippen molar-refractivity contribution < 1.29 is 14.3 Å². The summed E-state index contributed by atoms with van der Waals surface area (Å²) in [5.41, 5.74) is 0. The van der Waals surface area contributed by atoms with E-state index < -0.39 is 0 Å². The zero-order valence-corrected chi connectivity index (χ0v) is 9.22. The molecule has 0 spiro atoms. The van der Waals surface area contributed by atoms with Gasteiger partial charge in [0, 0.05) is 25.3 Å². The van der Waals surface area contributed by atoms with Crippen LogP contribution in [0.3, 0.4) is 0 Å². The van der Waals surface area contributed by atoms with E-state index in [1.807, 2.05) is 0 Å². The van der Waals surface area contributed by atoms with Gasteiger partial charge in [0.15, 0.2) is 0 Å². The molecular formula is C9H14N2O3S. The molecule has 5 nitrogen and oxygen atoms in total. The molecule has 0 aromatic carbocycles. The van der Waals surface area contributed by atoms with Crippen molar-refractivity contribution in [3.63, 3.8) is 0 Å². The number of carbonyl (C=O) groups is 2. The molecule has 2 amide bonds. The fourth-order valence-electron chi connectivity index (χ4n) is 1.48. The summed E-state index contributed by atoms with van der Waals surface area (Å²) in [6, 6.07) is 0.182. The van der Waals surface area contributed by atoms with Gasteiger partial charge in [-0.1, -0.05) is 11.8 Å². The van der Waals surface area contributed by atoms with Crippen LogP contribution in [-0.2, 0) is 9.53 Å². The molecule has 6 heteroatoms. The van der Waals surface area contributed by atoms with E-state index in [2.05, 4.69) is 5.32 Å². The Labute approximate surface area is 92.5 Å². The average Bonchev–Trinajstić information content (AvgIpc) is 2.55. The molecule has 0 aromatic rings. The third-order valence-corrected chi connectivity index (χ3v) is 3.35. The number of ether oxygens (including phenoxy) is 1. The predicted octanol–water partition coefficient (Wildman–Crippen LogP) is 0.0603. The number of hydrogen-bond donors (Lipinski definition) is 1. The first-order chi connectivity index (χ1) is 7.25. The second-order valence-electron chi connectivity index (χ2n) is 3.65. The van der Waals surface area contributed by atoms with Gasteiger partial charge in [0.2, 0.25) is 5.91 Å². The largest absolute Gasteiger partial charge is 0.377 e. The molecule has 2 fully saturated rings. The Hall–Kier alpha value is -0.750. The first kappa shape index (κ1) is 10.8. The van der Waals surface area contributed by atoms with Crippen molar-refractivity contribution in [3.05, 3.63) is 0 Å². The zero-order chi connectivity index (χ0) is 10.7. The van der Waals surface area contributed by atoms with Gasteiger partial charge < -0.3 is 15.0 Å². The molecule has 2 heterocycles. The molecule has 1 N–H and O–H groups in total. The Balaban J connectivity index is 1.63. The molecule has 2 rings (SSSR count). The van der Waals surface area contributed by atoms with Gasteiger partial charge in [-0.3, -0.25) is 9.59 Å². The van der Waals surface area contributed by atoms with Crippen LogP contribution in [0, 0.1) is 0 Å². The van der Waals surface area contributed by atoms with Crippen LogP contribution in [0.25, 0.3) is 0 Å². The Bertz CT molecular complexity index is 268. The summed E-state index contributed by atoms with van der Waals surface area (Å²) in [6.45, 7) is 2.53. The molecule has 84 valence electrons. The highest BCUT2D eigenvalue weighted by Crippen LogP contribution is 2.16. The highest BCUT2D eigenvalue weighted by atomic mass is 32.2. The highest BCUT2D eigenvalue weighted by molar-refractivity contribution is 8.13. The van der Waals surface area contributed by atoms with Crippen molar-refractivity contribution >= 4 is 22.9 Å². The molecule has 0 atom stereocenters. The standard InChI is InChI=1S/C9H14N2O3S/c12-8(10-7-5-14-6-7)1-2-11-3-4-15-9(11)13/h7H,1-6H2,(H,10,12). The van der Waals surface area contributed by atoms with Gasteiger partial charge in [0.25, 0.3) is 5.24 Å². The topological polar surface area (TPSA) is 58.6 Å². The number of thioether (sulfide) groups is 1. The maximum atomic E-state index is 11.4. The summed E-state index contributed by atoms with van der Waals surface area (Å²) in [6.07, 6.45) is 0.392. The van der Waals surface area contributed by atoms with E-state index in [1.165, 1.54) is 11.8 Å². The molecular weight excluding hydrogens is 216 g/mol. The SMILES string of the molecule is O=C(CCN1CCSC1=O)NC1COC1. The lowest BCUT2D eigenvalue weighted by Gasteiger charge is -2.27. The summed E-state index contributed by atoms with van der Waals surface area (Å²) >= 11 is 1.32. The average molecular weight is 230 g/mol. The molecule has 0 saturated carbocycles. The second-order valence-corrected chi connectivity index (χ2v) is 4.70. The molecule has 0 radical (unpaired) electrons. The summed E-state index contributed by atoms with van der Waals surface area (Å²) < 4.78 is 4.95. The minimum atomic E-state index is 0.00741. The minimum absolute atomic E-state index is 0.00741. The number of amides is 2. The molecule has 15 heavy (non-hydrogen) atoms. The Morgan fingerprint density at radius 1 is 1.60 bits per heavy atom. The molecule has 2 saturated heterocycles. The minimum Gasteiger partial charge on any atom is -0.377 e. The van der Waals surface area contributed by atoms with Gasteiger partial charge in [-0.2, -0.15) is 0 Å². The first-order valence-corrected chi connectivity index (χ1v) is 6.03. The van der Waals surface area contributed by atoms with E-state index in [9.17, 15) is 9.59 Å². The molecule has 0 aromatic heterocycles. The molecule has 0 unspecified atom stereocenters. The van der Waals surface area contributed by atoms with E-state index in [-0.39, 0.29) is 17.2 Å². The summed E-state index contributed by atoms with van der Waals surface area (Å²) in [7, 11) is 0. The van der Waals surface area contributed by atoms with Crippen LogP contribution in [0.1, 0.15) is 6.42 Å². The van der Waals surface area contributed by atoms with Crippen LogP contribution in [-0.4, -0.2) is 54.1 Å². The fourth-order valence-corrected chi connectivity index (χ4v) is 2.34. The highest BCUT2D eigenvalue weighted by Gasteiger charge is 2.23. The van der Waals surface area contributed by atoms with E-state index >= 15 is 0 Å². The molecule has 0 aliphatic carbocycles. The van der Waals surface area contributed by atoms with Gasteiger partial charge >= 0.3 is 0 Å². The normalized spacial score (nSPS) is 21.6. The van der Waals surface area contributed by atoms with Crippen LogP contribution < -0.4 is 5.32 Å². The number of nitrogens with zero attached hydrogens (tertiary/aromatic N) is 1. The third-order valence-electron chi connectivity index (χ3n) is 2.46. The fraction of sp³-hybridized carbons (Fsp3) is 0.778. The number of nitrogens with one attached hydrogen (secondary N) is 1. The van der Waals surface area contributed by atoms with Crippen molar-refractivity contribution in [2.24, 2.45) is 0 Å². The van der Waals surface area contributed by atoms with E-state index in [0.717, 1.165) is 12.3 Å². The molecule has 2 aliphatic heterocycles. The van der Waals surface area contributed by atoms with E-state index in [4.69, 9.17) is 4.74 Å². The van der Waals surface area contributed by atoms with Crippen molar-refractivity contribution in [1.29, 1.82) is 0 Å². The van der Waals surface area contributed by atoms with Crippen LogP contribution in [0.5, 0.6) is 0 Å². The first-order valence-electron chi connectivity index (χ1n) is 5.04. The Morgan fingerprint density at radius 3 is 2.93 bits per heavy atom. The summed E-state index contributed by atoms with van der Waals surface area (Å²) in [5.74, 6) is 0.852. The summed E-state index contributed by atoms with van der Waals surface area (Å²) in [5, 5.41) is 2.94. The lowest BCUT2D eigenvalue weighted by atomic mass is 10.2. The number of rotatable bonds is 4. The van der Waals surface area contributed by atoms with Gasteiger partial charge in [-0.05, 0) is 0 Å². The van der Waals surface area contributed by atoms with Crippen molar-refractivity contribution in [2.75, 3.05) is 32.1 Å². The zero-order valence-electron chi connectivity index (χ0n) is 8.40. The van der Waals surface area contributed by atoms with Crippen molar-refractivity contribution in [2.45, 2.75) is 12.5 Å². The maximum absolute atomic E-state index is 11.4. The van der Waals surface area contributed by atoms with Gasteiger partial charge in [-0.15, -0.1) is 0 Å². The number of hydrogen-bond acceptors (Lipinski definition) is 4. The smallest absolute Gasteiger partial charge is 0.281 e. The van der Waals surface area contributed by atoms with Gasteiger partial charge in [0.1, 0.15) is 0 Å². The summed E-state index contributed by atoms with van der Waals surface area (Å²) in [4.78, 5) is 24.3. The van der Waals surface area contributed by atoms with Crippen LogP contribution in [0.2, 0.25) is 0 Å². The predicted molar refractivity (Wildman–Crippen MR) is 56.8 cm³/mol. The van der Waals surface area contributed by atoms with Gasteiger partial charge in [-0.25, -0.2) is 0 Å². The lowest BCUT2D eigenvalue weighted by molar-refractivity contribution is -0.125. The molecule has 2 aliphatic rings. The van der Waals surface area contributed by atoms with E-state index in [1.54, 1.807) is 4.90 Å².